The first-order chi connectivity index (χ1) is 15.4. The van der Waals surface area contributed by atoms with Crippen molar-refractivity contribution in [2.75, 3.05) is 6.61 Å². The van der Waals surface area contributed by atoms with E-state index in [1.165, 1.54) is 29.5 Å². The number of para-hydroxylation sites is 1. The van der Waals surface area contributed by atoms with E-state index in [1.807, 2.05) is 44.3 Å². The maximum Gasteiger partial charge on any atom is 0.252 e. The third kappa shape index (κ3) is 8.14. The van der Waals surface area contributed by atoms with E-state index < -0.39 is 0 Å². The maximum atomic E-state index is 5.49. The van der Waals surface area contributed by atoms with Crippen molar-refractivity contribution in [3.8, 4) is 5.75 Å². The number of hydrogen-bond acceptors (Lipinski definition) is 4. The third-order valence-electron chi connectivity index (χ3n) is 4.79. The number of aromatic nitrogens is 4. The summed E-state index contributed by atoms with van der Waals surface area (Å²) in [5.41, 5.74) is 5.08. The van der Waals surface area contributed by atoms with E-state index in [-0.39, 0.29) is 0 Å². The minimum Gasteiger partial charge on any atom is -0.493 e. The molecule has 2 aromatic heterocycles. The fourth-order valence-electron chi connectivity index (χ4n) is 3.06. The minimum absolute atomic E-state index is 0.669. The molecule has 0 N–H and O–H groups in total. The highest BCUT2D eigenvalue weighted by Gasteiger charge is 1.98. The van der Waals surface area contributed by atoms with Gasteiger partial charge in [-0.25, -0.2) is 9.50 Å². The summed E-state index contributed by atoms with van der Waals surface area (Å²) in [6, 6.07) is 18.6. The first-order valence-electron chi connectivity index (χ1n) is 11.3. The second-order valence-electron chi connectivity index (χ2n) is 7.76. The first-order valence-corrected chi connectivity index (χ1v) is 11.3. The van der Waals surface area contributed by atoms with Gasteiger partial charge >= 0.3 is 0 Å². The highest BCUT2D eigenvalue weighted by atomic mass is 16.5. The van der Waals surface area contributed by atoms with Crippen LogP contribution in [0.4, 0.5) is 0 Å². The van der Waals surface area contributed by atoms with Crippen molar-refractivity contribution in [2.45, 2.75) is 60.8 Å². The van der Waals surface area contributed by atoms with Crippen molar-refractivity contribution in [1.29, 1.82) is 0 Å². The van der Waals surface area contributed by atoms with Crippen molar-refractivity contribution in [2.24, 2.45) is 0 Å². The van der Waals surface area contributed by atoms with Crippen molar-refractivity contribution in [3.63, 3.8) is 0 Å². The van der Waals surface area contributed by atoms with Gasteiger partial charge in [-0.15, -0.1) is 0 Å². The lowest BCUT2D eigenvalue weighted by Crippen LogP contribution is -1.95. The van der Waals surface area contributed by atoms with Crippen LogP contribution in [0.15, 0.2) is 60.8 Å². The zero-order valence-corrected chi connectivity index (χ0v) is 20.3. The summed E-state index contributed by atoms with van der Waals surface area (Å²) < 4.78 is 7.15. The Morgan fingerprint density at radius 3 is 2.12 bits per heavy atom. The van der Waals surface area contributed by atoms with Crippen LogP contribution in [0.25, 0.3) is 5.78 Å². The van der Waals surface area contributed by atoms with Crippen LogP contribution in [-0.2, 0) is 6.42 Å². The normalized spacial score (nSPS) is 10.1. The van der Waals surface area contributed by atoms with Crippen molar-refractivity contribution in [3.05, 3.63) is 89.0 Å². The van der Waals surface area contributed by atoms with Crippen LogP contribution in [0.5, 0.6) is 5.75 Å². The van der Waals surface area contributed by atoms with Crippen LogP contribution in [0.3, 0.4) is 0 Å². The van der Waals surface area contributed by atoms with E-state index in [4.69, 9.17) is 4.74 Å². The molecule has 0 saturated carbocycles. The molecule has 0 atom stereocenters. The summed E-state index contributed by atoms with van der Waals surface area (Å²) in [6.07, 6.45) is 5.38. The van der Waals surface area contributed by atoms with Crippen LogP contribution in [0.2, 0.25) is 0 Å². The molecule has 2 heterocycles. The van der Waals surface area contributed by atoms with Gasteiger partial charge in [-0.2, -0.15) is 10.1 Å². The summed E-state index contributed by atoms with van der Waals surface area (Å²) in [5, 5.41) is 4.10. The van der Waals surface area contributed by atoms with Crippen LogP contribution >= 0.6 is 0 Å². The van der Waals surface area contributed by atoms with Gasteiger partial charge in [-0.3, -0.25) is 0 Å². The molecule has 0 aliphatic rings. The Kier molecular flexibility index (Phi) is 10.4. The van der Waals surface area contributed by atoms with E-state index in [2.05, 4.69) is 73.1 Å². The maximum absolute atomic E-state index is 5.49. The van der Waals surface area contributed by atoms with E-state index >= 15 is 0 Å². The minimum atomic E-state index is 0.669. The molecule has 0 amide bonds. The highest BCUT2D eigenvalue weighted by Crippen LogP contribution is 2.15. The topological polar surface area (TPSA) is 52.3 Å². The number of fused-ring (bicyclic) bond motifs is 1. The quantitative estimate of drug-likeness (QED) is 0.362. The summed E-state index contributed by atoms with van der Waals surface area (Å²) >= 11 is 0. The van der Waals surface area contributed by atoms with E-state index in [1.54, 1.807) is 4.52 Å². The van der Waals surface area contributed by atoms with Gasteiger partial charge in [0.05, 0.1) is 6.61 Å². The fraction of sp³-hybridized carbons (Fsp3) is 0.370. The Labute approximate surface area is 192 Å². The molecule has 0 aliphatic carbocycles. The van der Waals surface area contributed by atoms with Crippen molar-refractivity contribution >= 4 is 5.78 Å². The Morgan fingerprint density at radius 1 is 0.781 bits per heavy atom. The molecule has 4 aromatic rings. The molecular weight excluding hydrogens is 396 g/mol. The summed E-state index contributed by atoms with van der Waals surface area (Å²) in [5.74, 6) is 2.43. The lowest BCUT2D eigenvalue weighted by molar-refractivity contribution is 0.315. The Bertz CT molecular complexity index is 1090. The lowest BCUT2D eigenvalue weighted by Gasteiger charge is -2.06. The van der Waals surface area contributed by atoms with E-state index in [9.17, 15) is 0 Å². The molecule has 170 valence electrons. The first kappa shape index (κ1) is 25.1. The molecule has 0 fully saturated rings. The monoisotopic (exact) mass is 432 g/mol. The molecule has 0 aliphatic heterocycles. The van der Waals surface area contributed by atoms with Crippen molar-refractivity contribution in [1.82, 2.24) is 19.6 Å². The van der Waals surface area contributed by atoms with Crippen LogP contribution < -0.4 is 4.74 Å². The number of rotatable bonds is 5. The van der Waals surface area contributed by atoms with Gasteiger partial charge in [0.1, 0.15) is 11.6 Å². The fourth-order valence-corrected chi connectivity index (χ4v) is 3.06. The molecule has 0 bridgehead atoms. The number of nitrogens with zero attached hydrogens (tertiary/aromatic N) is 4. The molecule has 5 heteroatoms. The molecule has 4 rings (SSSR count). The van der Waals surface area contributed by atoms with Crippen LogP contribution in [0, 0.1) is 27.7 Å². The number of hydrogen-bond donors (Lipinski definition) is 0. The average Bonchev–Trinajstić information content (AvgIpc) is 3.15. The summed E-state index contributed by atoms with van der Waals surface area (Å²) in [4.78, 5) is 8.30. The number of aryl methyl sites for hydroxylation is 5. The molecule has 0 unspecified atom stereocenters. The zero-order chi connectivity index (χ0) is 23.3. The molecule has 0 spiro atoms. The predicted molar refractivity (Wildman–Crippen MR) is 132 cm³/mol. The number of benzene rings is 2. The molecule has 0 saturated heterocycles. The average molecular weight is 433 g/mol. The van der Waals surface area contributed by atoms with Gasteiger partial charge in [-0.1, -0.05) is 62.7 Å². The molecule has 2 aromatic carbocycles. The van der Waals surface area contributed by atoms with E-state index in [0.717, 1.165) is 30.3 Å². The van der Waals surface area contributed by atoms with Gasteiger partial charge in [0, 0.05) is 11.9 Å². The molecule has 0 radical (unpaired) electrons. The largest absolute Gasteiger partial charge is 0.493 e. The second kappa shape index (κ2) is 13.3. The Morgan fingerprint density at radius 2 is 1.47 bits per heavy atom. The Hall–Kier alpha value is -3.21. The van der Waals surface area contributed by atoms with Gasteiger partial charge in [0.15, 0.2) is 0 Å². The van der Waals surface area contributed by atoms with Gasteiger partial charge in [0.2, 0.25) is 0 Å². The Balaban J connectivity index is 0.000000170. The standard InChI is InChI=1S/C10H14O.C10H14.C7H8N4/c1-3-8-11-10-7-5-4-6-9(10)2;1-3-6-10-8-5-4-7-9(10)2;1-5-3-4-11-7(8-5)9-6(2)10-11/h4-7H,3,8H2,1-2H3;4-5,7-8H,3,6H2,1-2H3;3-4H,1-2H3. The predicted octanol–water partition coefficient (Wildman–Crippen LogP) is 6.47. The third-order valence-corrected chi connectivity index (χ3v) is 4.79. The summed E-state index contributed by atoms with van der Waals surface area (Å²) in [7, 11) is 0. The second-order valence-corrected chi connectivity index (χ2v) is 7.76. The SMILES string of the molecule is CCCOc1ccccc1C.CCCc1ccccc1C.Cc1ccn2nc(C)nc2n1. The van der Waals surface area contributed by atoms with Gasteiger partial charge in [0.25, 0.3) is 5.78 Å². The number of ether oxygens (including phenoxy) is 1. The zero-order valence-electron chi connectivity index (χ0n) is 20.3. The van der Waals surface area contributed by atoms with Crippen molar-refractivity contribution < 1.29 is 4.74 Å². The smallest absolute Gasteiger partial charge is 0.252 e. The molecule has 32 heavy (non-hydrogen) atoms. The van der Waals surface area contributed by atoms with Crippen LogP contribution in [0.1, 0.15) is 54.9 Å². The lowest BCUT2D eigenvalue weighted by atomic mass is 10.1. The molecule has 5 nitrogen and oxygen atoms in total. The summed E-state index contributed by atoms with van der Waals surface area (Å²) in [6.45, 7) is 13.2. The van der Waals surface area contributed by atoms with Gasteiger partial charge < -0.3 is 4.74 Å². The van der Waals surface area contributed by atoms with Gasteiger partial charge in [-0.05, 0) is 69.4 Å². The highest BCUT2D eigenvalue weighted by molar-refractivity contribution is 5.31. The van der Waals surface area contributed by atoms with E-state index in [0.29, 0.717) is 5.78 Å². The van der Waals surface area contributed by atoms with Crippen LogP contribution in [-0.4, -0.2) is 26.2 Å². The molecular formula is C27H36N4O.